The van der Waals surface area contributed by atoms with Crippen molar-refractivity contribution in [1.82, 2.24) is 0 Å². The monoisotopic (exact) mass is 194 g/mol. The van der Waals surface area contributed by atoms with Crippen molar-refractivity contribution >= 4 is 0 Å². The molecule has 0 amide bonds. The number of rotatable bonds is 1. The van der Waals surface area contributed by atoms with Crippen LogP contribution < -0.4 is 0 Å². The molecule has 3 rings (SSSR count). The highest BCUT2D eigenvalue weighted by Gasteiger charge is 2.42. The Morgan fingerprint density at radius 3 is 2.29 bits per heavy atom. The molecule has 3 fully saturated rings. The quantitative estimate of drug-likeness (QED) is 0.620. The highest BCUT2D eigenvalue weighted by Crippen LogP contribution is 2.47. The zero-order valence-electron chi connectivity index (χ0n) is 9.13. The fraction of sp³-hybridized carbons (Fsp3) is 1.00. The van der Waals surface area contributed by atoms with Crippen molar-refractivity contribution < 1.29 is 4.74 Å². The third-order valence-electron chi connectivity index (χ3n) is 4.86. The van der Waals surface area contributed by atoms with Crippen LogP contribution in [0.15, 0.2) is 0 Å². The van der Waals surface area contributed by atoms with Crippen molar-refractivity contribution in [1.29, 1.82) is 0 Å². The van der Waals surface area contributed by atoms with E-state index in [-0.39, 0.29) is 0 Å². The average molecular weight is 194 g/mol. The van der Waals surface area contributed by atoms with Gasteiger partial charge in [0.25, 0.3) is 0 Å². The van der Waals surface area contributed by atoms with Gasteiger partial charge in [-0.3, -0.25) is 0 Å². The van der Waals surface area contributed by atoms with Crippen LogP contribution in [0.2, 0.25) is 0 Å². The summed E-state index contributed by atoms with van der Waals surface area (Å²) in [6, 6.07) is 0. The summed E-state index contributed by atoms with van der Waals surface area (Å²) in [5.74, 6) is 2.10. The van der Waals surface area contributed by atoms with Gasteiger partial charge in [-0.25, -0.2) is 0 Å². The summed E-state index contributed by atoms with van der Waals surface area (Å²) in [5.41, 5.74) is 0.360. The number of ether oxygens (including phenoxy) is 1. The summed E-state index contributed by atoms with van der Waals surface area (Å²) in [4.78, 5) is 0. The molecule has 2 aliphatic carbocycles. The molecule has 0 aromatic heterocycles. The Morgan fingerprint density at radius 1 is 0.857 bits per heavy atom. The van der Waals surface area contributed by atoms with Gasteiger partial charge in [0.2, 0.25) is 0 Å². The minimum atomic E-state index is 0.360. The van der Waals surface area contributed by atoms with Crippen LogP contribution in [0, 0.1) is 11.8 Å². The van der Waals surface area contributed by atoms with Crippen LogP contribution in [0.4, 0.5) is 0 Å². The summed E-state index contributed by atoms with van der Waals surface area (Å²) in [7, 11) is 0. The highest BCUT2D eigenvalue weighted by molar-refractivity contribution is 4.93. The van der Waals surface area contributed by atoms with Crippen molar-refractivity contribution in [3.63, 3.8) is 0 Å². The molecular weight excluding hydrogens is 172 g/mol. The molecule has 1 atom stereocenters. The first-order chi connectivity index (χ1) is 6.88. The summed E-state index contributed by atoms with van der Waals surface area (Å²) < 4.78 is 6.08. The molecule has 80 valence electrons. The van der Waals surface area contributed by atoms with E-state index in [1.807, 2.05) is 0 Å². The molecule has 1 unspecified atom stereocenters. The Hall–Kier alpha value is -0.0400. The van der Waals surface area contributed by atoms with Gasteiger partial charge in [-0.05, 0) is 37.5 Å². The lowest BCUT2D eigenvalue weighted by molar-refractivity contribution is -0.107. The topological polar surface area (TPSA) is 9.23 Å². The molecule has 1 heteroatoms. The molecule has 0 aromatic carbocycles. The van der Waals surface area contributed by atoms with Gasteiger partial charge in [-0.1, -0.05) is 32.1 Å². The van der Waals surface area contributed by atoms with Crippen molar-refractivity contribution in [2.75, 3.05) is 6.61 Å². The van der Waals surface area contributed by atoms with Crippen LogP contribution >= 0.6 is 0 Å². The van der Waals surface area contributed by atoms with Crippen LogP contribution in [-0.4, -0.2) is 12.2 Å². The summed E-state index contributed by atoms with van der Waals surface area (Å²) in [6.07, 6.45) is 12.8. The van der Waals surface area contributed by atoms with Crippen molar-refractivity contribution in [2.24, 2.45) is 11.8 Å². The van der Waals surface area contributed by atoms with E-state index in [1.54, 1.807) is 0 Å². The van der Waals surface area contributed by atoms with E-state index in [1.165, 1.54) is 57.8 Å². The van der Waals surface area contributed by atoms with Gasteiger partial charge < -0.3 is 4.74 Å². The van der Waals surface area contributed by atoms with Gasteiger partial charge in [0.15, 0.2) is 0 Å². The standard InChI is InChI=1S/C13H22O/c1-2-8-13(7-1)10-12(6-9-14-13)11-4-3-5-11/h11-12H,1-10H2. The molecule has 3 aliphatic rings. The Kier molecular flexibility index (Phi) is 2.31. The molecule has 0 N–H and O–H groups in total. The Bertz CT molecular complexity index is 201. The zero-order valence-corrected chi connectivity index (χ0v) is 9.13. The fourth-order valence-corrected chi connectivity index (χ4v) is 3.75. The maximum atomic E-state index is 6.08. The minimum absolute atomic E-state index is 0.360. The van der Waals surface area contributed by atoms with Gasteiger partial charge >= 0.3 is 0 Å². The van der Waals surface area contributed by atoms with Gasteiger partial charge in [0.1, 0.15) is 0 Å². The minimum Gasteiger partial charge on any atom is -0.375 e. The molecule has 1 heterocycles. The van der Waals surface area contributed by atoms with Crippen molar-refractivity contribution in [3.8, 4) is 0 Å². The lowest BCUT2D eigenvalue weighted by atomic mass is 9.69. The third-order valence-corrected chi connectivity index (χ3v) is 4.86. The van der Waals surface area contributed by atoms with E-state index >= 15 is 0 Å². The van der Waals surface area contributed by atoms with Crippen LogP contribution in [0.3, 0.4) is 0 Å². The maximum Gasteiger partial charge on any atom is 0.0685 e. The predicted molar refractivity (Wildman–Crippen MR) is 57.2 cm³/mol. The van der Waals surface area contributed by atoms with E-state index in [2.05, 4.69) is 0 Å². The third kappa shape index (κ3) is 1.50. The lowest BCUT2D eigenvalue weighted by Gasteiger charge is -2.44. The molecule has 14 heavy (non-hydrogen) atoms. The summed E-state index contributed by atoms with van der Waals surface area (Å²) in [5, 5.41) is 0. The van der Waals surface area contributed by atoms with Crippen LogP contribution in [0.5, 0.6) is 0 Å². The molecule has 2 saturated carbocycles. The second-order valence-corrected chi connectivity index (χ2v) is 5.68. The van der Waals surface area contributed by atoms with E-state index < -0.39 is 0 Å². The number of hydrogen-bond acceptors (Lipinski definition) is 1. The van der Waals surface area contributed by atoms with Gasteiger partial charge in [-0.15, -0.1) is 0 Å². The normalized spacial score (nSPS) is 37.3. The summed E-state index contributed by atoms with van der Waals surface area (Å²) in [6.45, 7) is 1.06. The largest absolute Gasteiger partial charge is 0.375 e. The SMILES string of the molecule is C1CC(C2CCOC3(CCCC3)C2)C1. The molecule has 1 saturated heterocycles. The molecule has 0 bridgehead atoms. The first-order valence-electron chi connectivity index (χ1n) is 6.52. The smallest absolute Gasteiger partial charge is 0.0685 e. The van der Waals surface area contributed by atoms with Crippen molar-refractivity contribution in [3.05, 3.63) is 0 Å². The first-order valence-corrected chi connectivity index (χ1v) is 6.52. The van der Waals surface area contributed by atoms with E-state index in [4.69, 9.17) is 4.74 Å². The highest BCUT2D eigenvalue weighted by atomic mass is 16.5. The molecule has 1 aliphatic heterocycles. The Balaban J connectivity index is 1.65. The van der Waals surface area contributed by atoms with Crippen molar-refractivity contribution in [2.45, 2.75) is 63.4 Å². The number of hydrogen-bond donors (Lipinski definition) is 0. The maximum absolute atomic E-state index is 6.08. The second kappa shape index (κ2) is 3.52. The predicted octanol–water partition coefficient (Wildman–Crippen LogP) is 3.53. The first kappa shape index (κ1) is 9.21. The van der Waals surface area contributed by atoms with Gasteiger partial charge in [0, 0.05) is 6.61 Å². The van der Waals surface area contributed by atoms with E-state index in [9.17, 15) is 0 Å². The van der Waals surface area contributed by atoms with Crippen LogP contribution in [0.1, 0.15) is 57.8 Å². The molecular formula is C13H22O. The molecule has 0 aromatic rings. The van der Waals surface area contributed by atoms with Crippen LogP contribution in [-0.2, 0) is 4.74 Å². The van der Waals surface area contributed by atoms with Gasteiger partial charge in [0.05, 0.1) is 5.60 Å². The molecule has 1 spiro atoms. The second-order valence-electron chi connectivity index (χ2n) is 5.68. The Morgan fingerprint density at radius 2 is 1.64 bits per heavy atom. The lowest BCUT2D eigenvalue weighted by Crippen LogP contribution is -2.40. The zero-order chi connectivity index (χ0) is 9.43. The molecule has 0 radical (unpaired) electrons. The van der Waals surface area contributed by atoms with Crippen LogP contribution in [0.25, 0.3) is 0 Å². The molecule has 1 nitrogen and oxygen atoms in total. The average Bonchev–Trinajstić information content (AvgIpc) is 2.50. The fourth-order valence-electron chi connectivity index (χ4n) is 3.75. The summed E-state index contributed by atoms with van der Waals surface area (Å²) >= 11 is 0. The van der Waals surface area contributed by atoms with E-state index in [0.29, 0.717) is 5.60 Å². The van der Waals surface area contributed by atoms with E-state index in [0.717, 1.165) is 18.4 Å². The van der Waals surface area contributed by atoms with Gasteiger partial charge in [-0.2, -0.15) is 0 Å². The Labute approximate surface area is 87.2 Å².